The van der Waals surface area contributed by atoms with E-state index in [0.717, 1.165) is 13.0 Å². The largest absolute Gasteiger partial charge is 0.459 e. The van der Waals surface area contributed by atoms with E-state index in [2.05, 4.69) is 15.2 Å². The van der Waals surface area contributed by atoms with Crippen LogP contribution in [0.25, 0.3) is 5.65 Å². The molecule has 0 spiro atoms. The summed E-state index contributed by atoms with van der Waals surface area (Å²) in [7, 11) is 0. The van der Waals surface area contributed by atoms with Gasteiger partial charge in [0.1, 0.15) is 5.69 Å². The van der Waals surface area contributed by atoms with Crippen LogP contribution in [0.4, 0.5) is 40.8 Å². The Hall–Kier alpha value is -3.26. The number of nitrogens with one attached hydrogen (secondary N) is 2. The first-order valence-corrected chi connectivity index (χ1v) is 7.89. The van der Waals surface area contributed by atoms with Gasteiger partial charge in [-0.3, -0.25) is 9.89 Å². The standard InChI is InChI=1S/C15H10F8N6O/c1-5-3-8(13(16,17)15(21,22)23)29-9(24-5)4-7(28-29)12(30)25-10-6(2)26-27-11(10)14(18,19)20/h3-4H,1-2H3,(H,25,30)(H,26,27). The minimum Gasteiger partial charge on any atom is -0.317 e. The summed E-state index contributed by atoms with van der Waals surface area (Å²) < 4.78 is 105. The number of amides is 1. The highest BCUT2D eigenvalue weighted by Gasteiger charge is 2.60. The number of hydrogen-bond donors (Lipinski definition) is 2. The minimum atomic E-state index is -5.96. The van der Waals surface area contributed by atoms with Gasteiger partial charge in [-0.05, 0) is 19.9 Å². The van der Waals surface area contributed by atoms with E-state index in [9.17, 15) is 39.9 Å². The highest BCUT2D eigenvalue weighted by Crippen LogP contribution is 2.44. The second kappa shape index (κ2) is 6.63. The molecule has 0 fully saturated rings. The zero-order valence-electron chi connectivity index (χ0n) is 14.9. The van der Waals surface area contributed by atoms with Gasteiger partial charge in [-0.15, -0.1) is 0 Å². The molecule has 2 N–H and O–H groups in total. The summed E-state index contributed by atoms with van der Waals surface area (Å²) >= 11 is 0. The zero-order chi connectivity index (χ0) is 22.6. The minimum absolute atomic E-state index is 0.113. The second-order valence-electron chi connectivity index (χ2n) is 6.18. The smallest absolute Gasteiger partial charge is 0.317 e. The van der Waals surface area contributed by atoms with Gasteiger partial charge in [0.15, 0.2) is 17.0 Å². The number of rotatable bonds is 3. The monoisotopic (exact) mass is 442 g/mol. The van der Waals surface area contributed by atoms with E-state index in [1.807, 2.05) is 10.4 Å². The molecule has 3 heterocycles. The fourth-order valence-electron chi connectivity index (χ4n) is 2.54. The summed E-state index contributed by atoms with van der Waals surface area (Å²) in [6.07, 6.45) is -10.9. The fourth-order valence-corrected chi connectivity index (χ4v) is 2.54. The van der Waals surface area contributed by atoms with Crippen molar-refractivity contribution < 1.29 is 39.9 Å². The van der Waals surface area contributed by atoms with E-state index in [1.165, 1.54) is 6.92 Å². The first-order valence-electron chi connectivity index (χ1n) is 7.89. The number of hydrogen-bond acceptors (Lipinski definition) is 4. The molecule has 0 unspecified atom stereocenters. The Morgan fingerprint density at radius 2 is 1.70 bits per heavy atom. The quantitative estimate of drug-likeness (QED) is 0.601. The first-order chi connectivity index (χ1) is 13.6. The summed E-state index contributed by atoms with van der Waals surface area (Å²) in [5.74, 6) is -6.63. The van der Waals surface area contributed by atoms with Crippen LogP contribution in [0.15, 0.2) is 12.1 Å². The average Bonchev–Trinajstić information content (AvgIpc) is 3.16. The second-order valence-corrected chi connectivity index (χ2v) is 6.18. The van der Waals surface area contributed by atoms with Crippen LogP contribution in [-0.2, 0) is 12.1 Å². The Kier molecular flexibility index (Phi) is 4.74. The van der Waals surface area contributed by atoms with Gasteiger partial charge in [0.05, 0.1) is 11.4 Å². The summed E-state index contributed by atoms with van der Waals surface area (Å²) in [5.41, 5.74) is -5.45. The Bertz CT molecular complexity index is 1130. The van der Waals surface area contributed by atoms with Crippen molar-refractivity contribution in [3.8, 4) is 0 Å². The van der Waals surface area contributed by atoms with Crippen LogP contribution < -0.4 is 5.32 Å². The van der Waals surface area contributed by atoms with Crippen molar-refractivity contribution in [1.82, 2.24) is 24.8 Å². The average molecular weight is 442 g/mol. The first kappa shape index (κ1) is 21.4. The molecule has 0 aliphatic heterocycles. The van der Waals surface area contributed by atoms with Gasteiger partial charge in [0.25, 0.3) is 5.91 Å². The number of H-pyrrole nitrogens is 1. The van der Waals surface area contributed by atoms with Gasteiger partial charge in [-0.2, -0.15) is 45.3 Å². The lowest BCUT2D eigenvalue weighted by Gasteiger charge is -2.20. The third-order valence-corrected chi connectivity index (χ3v) is 3.92. The molecule has 7 nitrogen and oxygen atoms in total. The molecule has 0 atom stereocenters. The number of fused-ring (bicyclic) bond motifs is 1. The molecular weight excluding hydrogens is 432 g/mol. The van der Waals surface area contributed by atoms with Gasteiger partial charge in [-0.1, -0.05) is 0 Å². The van der Waals surface area contributed by atoms with Crippen molar-refractivity contribution >= 4 is 17.2 Å². The summed E-state index contributed by atoms with van der Waals surface area (Å²) in [5, 5.41) is 10.3. The Morgan fingerprint density at radius 3 is 2.27 bits per heavy atom. The van der Waals surface area contributed by atoms with Crippen LogP contribution in [0.2, 0.25) is 0 Å². The number of alkyl halides is 8. The van der Waals surface area contributed by atoms with Crippen LogP contribution in [0.1, 0.15) is 33.3 Å². The maximum atomic E-state index is 13.9. The van der Waals surface area contributed by atoms with Gasteiger partial charge in [0, 0.05) is 11.8 Å². The van der Waals surface area contributed by atoms with Crippen molar-refractivity contribution in [1.29, 1.82) is 0 Å². The summed E-state index contributed by atoms with van der Waals surface area (Å²) in [6, 6.07) is 1.21. The predicted molar refractivity (Wildman–Crippen MR) is 84.0 cm³/mol. The molecule has 0 aliphatic rings. The number of carbonyl (C=O) groups excluding carboxylic acids is 1. The molecule has 3 aromatic heterocycles. The maximum absolute atomic E-state index is 13.9. The van der Waals surface area contributed by atoms with E-state index in [0.29, 0.717) is 6.07 Å². The molecule has 3 aromatic rings. The summed E-state index contributed by atoms with van der Waals surface area (Å²) in [6.45, 7) is 2.32. The zero-order valence-corrected chi connectivity index (χ0v) is 14.9. The van der Waals surface area contributed by atoms with E-state index in [4.69, 9.17) is 0 Å². The molecule has 0 aliphatic carbocycles. The number of carbonyl (C=O) groups is 1. The normalized spacial score (nSPS) is 13.1. The number of anilines is 1. The number of aromatic nitrogens is 5. The lowest BCUT2D eigenvalue weighted by molar-refractivity contribution is -0.291. The van der Waals surface area contributed by atoms with Gasteiger partial charge >= 0.3 is 18.3 Å². The Morgan fingerprint density at radius 1 is 1.07 bits per heavy atom. The van der Waals surface area contributed by atoms with Crippen LogP contribution >= 0.6 is 0 Å². The van der Waals surface area contributed by atoms with Crippen molar-refractivity contribution in [2.24, 2.45) is 0 Å². The molecule has 15 heteroatoms. The number of halogens is 8. The highest BCUT2D eigenvalue weighted by molar-refractivity contribution is 6.04. The third kappa shape index (κ3) is 3.54. The van der Waals surface area contributed by atoms with Crippen LogP contribution in [-0.4, -0.2) is 36.9 Å². The summed E-state index contributed by atoms with van der Waals surface area (Å²) in [4.78, 5) is 16.1. The molecule has 0 saturated heterocycles. The van der Waals surface area contributed by atoms with E-state index >= 15 is 0 Å². The molecule has 0 aromatic carbocycles. The van der Waals surface area contributed by atoms with Crippen molar-refractivity contribution in [3.05, 3.63) is 40.6 Å². The van der Waals surface area contributed by atoms with Crippen molar-refractivity contribution in [3.63, 3.8) is 0 Å². The SMILES string of the molecule is Cc1cc(C(F)(F)C(F)(F)F)n2nc(C(=O)Nc3c(C(F)(F)F)n[nH]c3C)cc2n1. The molecule has 0 radical (unpaired) electrons. The Balaban J connectivity index is 2.07. The maximum Gasteiger partial charge on any atom is 0.459 e. The molecule has 162 valence electrons. The Labute approximate surface area is 161 Å². The third-order valence-electron chi connectivity index (χ3n) is 3.92. The molecular formula is C15H10F8N6O. The number of aromatic amines is 1. The lowest BCUT2D eigenvalue weighted by Crippen LogP contribution is -2.36. The molecule has 1 amide bonds. The molecule has 30 heavy (non-hydrogen) atoms. The van der Waals surface area contributed by atoms with Crippen molar-refractivity contribution in [2.75, 3.05) is 5.32 Å². The van der Waals surface area contributed by atoms with Gasteiger partial charge < -0.3 is 5.32 Å². The van der Waals surface area contributed by atoms with E-state index in [1.54, 1.807) is 0 Å². The van der Waals surface area contributed by atoms with Crippen LogP contribution in [0.5, 0.6) is 0 Å². The fraction of sp³-hybridized carbons (Fsp3) is 0.333. The van der Waals surface area contributed by atoms with Crippen molar-refractivity contribution in [2.45, 2.75) is 32.1 Å². The number of nitrogens with zero attached hydrogens (tertiary/aromatic N) is 4. The molecule has 3 rings (SSSR count). The topological polar surface area (TPSA) is 88.0 Å². The van der Waals surface area contributed by atoms with E-state index < -0.39 is 52.6 Å². The molecule has 0 saturated carbocycles. The van der Waals surface area contributed by atoms with Gasteiger partial charge in [0.2, 0.25) is 0 Å². The predicted octanol–water partition coefficient (Wildman–Crippen LogP) is 3.99. The van der Waals surface area contributed by atoms with Gasteiger partial charge in [-0.25, -0.2) is 9.50 Å². The number of aryl methyl sites for hydroxylation is 2. The van der Waals surface area contributed by atoms with Crippen LogP contribution in [0, 0.1) is 13.8 Å². The van der Waals surface area contributed by atoms with E-state index in [-0.39, 0.29) is 15.9 Å². The lowest BCUT2D eigenvalue weighted by atomic mass is 10.2. The molecule has 0 bridgehead atoms. The highest BCUT2D eigenvalue weighted by atomic mass is 19.4. The van der Waals surface area contributed by atoms with Crippen LogP contribution in [0.3, 0.4) is 0 Å².